The Morgan fingerprint density at radius 2 is 2.00 bits per heavy atom. The Kier molecular flexibility index (Phi) is 4.20. The molecule has 0 radical (unpaired) electrons. The number of halogens is 1. The molecular formula is C15H17BrN2O4. The quantitative estimate of drug-likeness (QED) is 0.851. The fourth-order valence-corrected chi connectivity index (χ4v) is 3.54. The maximum absolute atomic E-state index is 12.7. The molecule has 0 aromatic heterocycles. The van der Waals surface area contributed by atoms with Crippen LogP contribution in [0, 0.1) is 0 Å². The minimum atomic E-state index is -1.05. The van der Waals surface area contributed by atoms with Crippen molar-refractivity contribution in [1.29, 1.82) is 0 Å². The second kappa shape index (κ2) is 5.98. The first-order valence-corrected chi connectivity index (χ1v) is 7.90. The average molecular weight is 369 g/mol. The van der Waals surface area contributed by atoms with Crippen molar-refractivity contribution in [3.05, 3.63) is 33.8 Å². The minimum Gasteiger partial charge on any atom is -0.478 e. The highest BCUT2D eigenvalue weighted by Crippen LogP contribution is 2.24. The van der Waals surface area contributed by atoms with Crippen LogP contribution in [0.3, 0.4) is 0 Å². The molecule has 0 unspecified atom stereocenters. The molecule has 2 aliphatic rings. The number of likely N-dealkylation sites (tertiary alicyclic amines) is 1. The first kappa shape index (κ1) is 15.5. The largest absolute Gasteiger partial charge is 0.478 e. The molecule has 7 heteroatoms. The Morgan fingerprint density at radius 3 is 2.68 bits per heavy atom. The van der Waals surface area contributed by atoms with Gasteiger partial charge in [0.2, 0.25) is 0 Å². The molecule has 2 saturated heterocycles. The van der Waals surface area contributed by atoms with E-state index in [0.29, 0.717) is 29.7 Å². The van der Waals surface area contributed by atoms with E-state index in [2.05, 4.69) is 20.8 Å². The number of hydrogen-bond acceptors (Lipinski definition) is 4. The third-order valence-electron chi connectivity index (χ3n) is 4.26. The van der Waals surface area contributed by atoms with Gasteiger partial charge in [0, 0.05) is 29.7 Å². The minimum absolute atomic E-state index is 0.0359. The summed E-state index contributed by atoms with van der Waals surface area (Å²) in [7, 11) is 2.04. The van der Waals surface area contributed by atoms with E-state index in [4.69, 9.17) is 9.84 Å². The fraction of sp³-hybridized carbons (Fsp3) is 0.467. The van der Waals surface area contributed by atoms with Crippen LogP contribution in [0.1, 0.15) is 20.7 Å². The van der Waals surface area contributed by atoms with E-state index in [-0.39, 0.29) is 23.6 Å². The van der Waals surface area contributed by atoms with E-state index in [1.54, 1.807) is 11.0 Å². The summed E-state index contributed by atoms with van der Waals surface area (Å²) >= 11 is 3.26. The molecule has 1 N–H and O–H groups in total. The molecule has 1 aromatic rings. The molecule has 0 aliphatic carbocycles. The van der Waals surface area contributed by atoms with Crippen LogP contribution < -0.4 is 0 Å². The second-order valence-electron chi connectivity index (χ2n) is 5.70. The zero-order valence-corrected chi connectivity index (χ0v) is 13.7. The fourth-order valence-electron chi connectivity index (χ4n) is 3.04. The van der Waals surface area contributed by atoms with Crippen LogP contribution >= 0.6 is 15.9 Å². The van der Waals surface area contributed by atoms with E-state index in [9.17, 15) is 9.59 Å². The third kappa shape index (κ3) is 2.88. The van der Waals surface area contributed by atoms with E-state index in [1.807, 2.05) is 7.05 Å². The number of carbonyl (C=O) groups excluding carboxylic acids is 1. The molecule has 3 rings (SSSR count). The molecular weight excluding hydrogens is 352 g/mol. The first-order valence-electron chi connectivity index (χ1n) is 7.10. The number of benzene rings is 1. The van der Waals surface area contributed by atoms with Crippen molar-refractivity contribution in [2.45, 2.75) is 12.1 Å². The molecule has 0 spiro atoms. The monoisotopic (exact) mass is 368 g/mol. The summed E-state index contributed by atoms with van der Waals surface area (Å²) < 4.78 is 6.32. The van der Waals surface area contributed by atoms with Crippen LogP contribution in [0.5, 0.6) is 0 Å². The molecule has 0 bridgehead atoms. The normalized spacial score (nSPS) is 25.1. The van der Waals surface area contributed by atoms with Crippen molar-refractivity contribution in [3.8, 4) is 0 Å². The number of rotatable bonds is 2. The summed E-state index contributed by atoms with van der Waals surface area (Å²) in [6, 6.07) is 4.77. The summed E-state index contributed by atoms with van der Waals surface area (Å²) in [5.41, 5.74) is 0.482. The summed E-state index contributed by atoms with van der Waals surface area (Å²) in [5, 5.41) is 9.11. The van der Waals surface area contributed by atoms with Gasteiger partial charge in [-0.25, -0.2) is 4.79 Å². The molecule has 1 amide bonds. The number of fused-ring (bicyclic) bond motifs is 1. The number of nitrogens with zero attached hydrogens (tertiary/aromatic N) is 2. The lowest BCUT2D eigenvalue weighted by Crippen LogP contribution is -2.48. The molecule has 2 atom stereocenters. The number of aromatic carboxylic acids is 1. The van der Waals surface area contributed by atoms with Gasteiger partial charge in [-0.2, -0.15) is 0 Å². The Labute approximate surface area is 136 Å². The van der Waals surface area contributed by atoms with Crippen molar-refractivity contribution in [2.24, 2.45) is 0 Å². The van der Waals surface area contributed by atoms with E-state index >= 15 is 0 Å². The number of likely N-dealkylation sites (N-methyl/N-ethyl adjacent to an activating group) is 1. The number of ether oxygens (including phenoxy) is 1. The number of carboxylic acids is 1. The Hall–Kier alpha value is -1.44. The Morgan fingerprint density at radius 1 is 1.27 bits per heavy atom. The second-order valence-corrected chi connectivity index (χ2v) is 6.62. The lowest BCUT2D eigenvalue weighted by Gasteiger charge is -2.33. The zero-order valence-electron chi connectivity index (χ0n) is 12.2. The van der Waals surface area contributed by atoms with Crippen molar-refractivity contribution >= 4 is 27.8 Å². The highest BCUT2D eigenvalue weighted by Gasteiger charge is 2.40. The summed E-state index contributed by atoms with van der Waals surface area (Å²) in [4.78, 5) is 27.7. The van der Waals surface area contributed by atoms with Gasteiger partial charge < -0.3 is 14.7 Å². The van der Waals surface area contributed by atoms with E-state index in [1.165, 1.54) is 12.1 Å². The van der Waals surface area contributed by atoms with Crippen molar-refractivity contribution in [2.75, 3.05) is 33.3 Å². The number of carboxylic acid groups (broad SMARTS) is 1. The molecule has 6 nitrogen and oxygen atoms in total. The average Bonchev–Trinajstić information content (AvgIpc) is 2.91. The smallest absolute Gasteiger partial charge is 0.335 e. The molecule has 2 heterocycles. The maximum Gasteiger partial charge on any atom is 0.335 e. The van der Waals surface area contributed by atoms with Crippen LogP contribution in [0.15, 0.2) is 22.7 Å². The lowest BCUT2D eigenvalue weighted by atomic mass is 10.1. The van der Waals surface area contributed by atoms with Crippen molar-refractivity contribution < 1.29 is 19.4 Å². The molecule has 1 aromatic carbocycles. The zero-order chi connectivity index (χ0) is 15.9. The van der Waals surface area contributed by atoms with Crippen LogP contribution in [-0.4, -0.2) is 72.2 Å². The number of amides is 1. The SMILES string of the molecule is CN1CCO[C@@H]2CN(C(=O)c3cc(Br)cc(C(=O)O)c3)C[C@@H]21. The summed E-state index contributed by atoms with van der Waals surface area (Å²) in [6.45, 7) is 2.70. The van der Waals surface area contributed by atoms with E-state index < -0.39 is 5.97 Å². The van der Waals surface area contributed by atoms with Crippen LogP contribution in [0.4, 0.5) is 0 Å². The third-order valence-corrected chi connectivity index (χ3v) is 4.72. The first-order chi connectivity index (χ1) is 10.5. The molecule has 2 fully saturated rings. The van der Waals surface area contributed by atoms with Gasteiger partial charge in [0.05, 0.1) is 24.3 Å². The van der Waals surface area contributed by atoms with Gasteiger partial charge in [0.1, 0.15) is 0 Å². The highest BCUT2D eigenvalue weighted by atomic mass is 79.9. The van der Waals surface area contributed by atoms with Crippen LogP contribution in [-0.2, 0) is 4.74 Å². The molecule has 0 saturated carbocycles. The van der Waals surface area contributed by atoms with Crippen LogP contribution in [0.2, 0.25) is 0 Å². The summed E-state index contributed by atoms with van der Waals surface area (Å²) in [5.74, 6) is -1.20. The predicted molar refractivity (Wildman–Crippen MR) is 83.2 cm³/mol. The summed E-state index contributed by atoms with van der Waals surface area (Å²) in [6.07, 6.45) is 0.0359. The molecule has 22 heavy (non-hydrogen) atoms. The molecule has 118 valence electrons. The number of carbonyl (C=O) groups is 2. The highest BCUT2D eigenvalue weighted by molar-refractivity contribution is 9.10. The van der Waals surface area contributed by atoms with E-state index in [0.717, 1.165) is 6.54 Å². The van der Waals surface area contributed by atoms with Crippen molar-refractivity contribution in [1.82, 2.24) is 9.80 Å². The van der Waals surface area contributed by atoms with Gasteiger partial charge in [0.25, 0.3) is 5.91 Å². The van der Waals surface area contributed by atoms with Gasteiger partial charge in [-0.05, 0) is 25.2 Å². The van der Waals surface area contributed by atoms with Gasteiger partial charge in [-0.3, -0.25) is 9.69 Å². The van der Waals surface area contributed by atoms with Crippen molar-refractivity contribution in [3.63, 3.8) is 0 Å². The Balaban J connectivity index is 1.81. The van der Waals surface area contributed by atoms with Gasteiger partial charge >= 0.3 is 5.97 Å². The Bertz CT molecular complexity index is 622. The number of hydrogen-bond donors (Lipinski definition) is 1. The van der Waals surface area contributed by atoms with Gasteiger partial charge in [-0.1, -0.05) is 15.9 Å². The number of morpholine rings is 1. The predicted octanol–water partition coefficient (Wildman–Crippen LogP) is 1.30. The molecule has 2 aliphatic heterocycles. The van der Waals surface area contributed by atoms with Gasteiger partial charge in [0.15, 0.2) is 0 Å². The van der Waals surface area contributed by atoms with Crippen LogP contribution in [0.25, 0.3) is 0 Å². The van der Waals surface area contributed by atoms with Gasteiger partial charge in [-0.15, -0.1) is 0 Å². The topological polar surface area (TPSA) is 70.1 Å². The maximum atomic E-state index is 12.7. The lowest BCUT2D eigenvalue weighted by molar-refractivity contribution is -0.0368. The standard InChI is InChI=1S/C15H17BrN2O4/c1-17-2-3-22-13-8-18(7-12(13)17)14(19)9-4-10(15(20)21)6-11(16)5-9/h4-6,12-13H,2-3,7-8H2,1H3,(H,20,21)/t12-,13+/m0/s1.